The maximum Gasteiger partial charge on any atom is 0.276 e. The summed E-state index contributed by atoms with van der Waals surface area (Å²) in [5.74, 6) is -2.71. The summed E-state index contributed by atoms with van der Waals surface area (Å²) in [5, 5.41) is 0.866. The molecule has 0 bridgehead atoms. The molecule has 1 N–H and O–H groups in total. The van der Waals surface area contributed by atoms with Crippen LogP contribution in [0.25, 0.3) is 0 Å². The molecule has 1 atom stereocenters. The van der Waals surface area contributed by atoms with Crippen LogP contribution in [0.5, 0.6) is 5.75 Å². The van der Waals surface area contributed by atoms with E-state index >= 15 is 0 Å². The molecule has 0 saturated carbocycles. The van der Waals surface area contributed by atoms with Gasteiger partial charge in [-0.1, -0.05) is 35.9 Å². The summed E-state index contributed by atoms with van der Waals surface area (Å²) in [5.41, 5.74) is 3.75. The number of benzene rings is 3. The van der Waals surface area contributed by atoms with E-state index in [0.717, 1.165) is 27.6 Å². The number of ether oxygens (including phenoxy) is 1. The third-order valence-corrected chi connectivity index (χ3v) is 5.39. The van der Waals surface area contributed by atoms with Crippen molar-refractivity contribution in [1.29, 1.82) is 0 Å². The number of amides is 4. The fourth-order valence-corrected chi connectivity index (χ4v) is 3.62. The van der Waals surface area contributed by atoms with Gasteiger partial charge in [-0.05, 0) is 55.5 Å². The van der Waals surface area contributed by atoms with Gasteiger partial charge in [0, 0.05) is 5.56 Å². The molecule has 1 aliphatic heterocycles. The molecule has 3 aromatic rings. The molecule has 0 radical (unpaired) electrons. The van der Waals surface area contributed by atoms with E-state index in [1.165, 1.54) is 12.1 Å². The first-order chi connectivity index (χ1) is 16.8. The van der Waals surface area contributed by atoms with Crippen molar-refractivity contribution in [3.8, 4) is 5.75 Å². The van der Waals surface area contributed by atoms with Gasteiger partial charge in [0.15, 0.2) is 6.61 Å². The monoisotopic (exact) mass is 475 g/mol. The minimum atomic E-state index is -1.29. The van der Waals surface area contributed by atoms with Crippen LogP contribution in [0, 0.1) is 12.7 Å². The topological polar surface area (TPSA) is 96.0 Å². The minimum Gasteiger partial charge on any atom is -0.484 e. The van der Waals surface area contributed by atoms with Gasteiger partial charge >= 0.3 is 0 Å². The number of para-hydroxylation sites is 1. The maximum atomic E-state index is 13.3. The molecule has 35 heavy (non-hydrogen) atoms. The molecule has 1 unspecified atom stereocenters. The number of nitrogens with zero attached hydrogens (tertiary/aromatic N) is 2. The number of aryl methyl sites for hydroxylation is 1. The number of hydrogen-bond acceptors (Lipinski definition) is 5. The number of imide groups is 1. The molecular weight excluding hydrogens is 453 g/mol. The van der Waals surface area contributed by atoms with Crippen LogP contribution in [0.15, 0.2) is 78.9 Å². The third-order valence-electron chi connectivity index (χ3n) is 5.39. The average Bonchev–Trinajstić information content (AvgIpc) is 3.16. The van der Waals surface area contributed by atoms with Crippen LogP contribution in [0.3, 0.4) is 0 Å². The Morgan fingerprint density at radius 2 is 1.66 bits per heavy atom. The second-order valence-electron chi connectivity index (χ2n) is 7.94. The van der Waals surface area contributed by atoms with Crippen molar-refractivity contribution in [3.63, 3.8) is 0 Å². The SMILES string of the molecule is Cc1ccc(C(=O)N(NC(=O)COc2ccccc2)C2CC(=O)N(c3ccc(F)cc3)C2=O)cc1. The summed E-state index contributed by atoms with van der Waals surface area (Å²) in [4.78, 5) is 52.8. The first-order valence-corrected chi connectivity index (χ1v) is 10.8. The molecular formula is C26H22FN3O5. The zero-order valence-electron chi connectivity index (χ0n) is 18.8. The average molecular weight is 475 g/mol. The molecule has 8 nitrogen and oxygen atoms in total. The second kappa shape index (κ2) is 10.2. The lowest BCUT2D eigenvalue weighted by Crippen LogP contribution is -2.55. The van der Waals surface area contributed by atoms with E-state index in [1.807, 2.05) is 6.92 Å². The highest BCUT2D eigenvalue weighted by Gasteiger charge is 2.45. The molecule has 0 spiro atoms. The number of hydrogen-bond donors (Lipinski definition) is 1. The Morgan fingerprint density at radius 1 is 1.00 bits per heavy atom. The van der Waals surface area contributed by atoms with Gasteiger partial charge in [0.25, 0.3) is 17.7 Å². The highest BCUT2D eigenvalue weighted by molar-refractivity contribution is 6.23. The number of hydrazine groups is 1. The van der Waals surface area contributed by atoms with Crippen LogP contribution in [-0.4, -0.2) is 41.3 Å². The summed E-state index contributed by atoms with van der Waals surface area (Å²) in [6, 6.07) is 18.8. The predicted octanol–water partition coefficient (Wildman–Crippen LogP) is 3.02. The molecule has 1 aliphatic rings. The third kappa shape index (κ3) is 5.35. The summed E-state index contributed by atoms with van der Waals surface area (Å²) in [6.45, 7) is 1.44. The van der Waals surface area contributed by atoms with E-state index in [0.29, 0.717) is 5.75 Å². The summed E-state index contributed by atoms with van der Waals surface area (Å²) < 4.78 is 18.8. The van der Waals surface area contributed by atoms with E-state index in [2.05, 4.69) is 5.43 Å². The smallest absolute Gasteiger partial charge is 0.276 e. The van der Waals surface area contributed by atoms with Crippen molar-refractivity contribution in [2.24, 2.45) is 0 Å². The fraction of sp³-hybridized carbons (Fsp3) is 0.154. The molecule has 1 fully saturated rings. The number of rotatable bonds is 6. The van der Waals surface area contributed by atoms with Crippen LogP contribution in [0.1, 0.15) is 22.3 Å². The van der Waals surface area contributed by atoms with Gasteiger partial charge < -0.3 is 4.74 Å². The molecule has 1 heterocycles. The van der Waals surface area contributed by atoms with Crippen LogP contribution in [0.4, 0.5) is 10.1 Å². The molecule has 4 rings (SSSR count). The fourth-order valence-electron chi connectivity index (χ4n) is 3.62. The van der Waals surface area contributed by atoms with Crippen LogP contribution < -0.4 is 15.1 Å². The Bertz CT molecular complexity index is 1250. The quantitative estimate of drug-likeness (QED) is 0.437. The van der Waals surface area contributed by atoms with Crippen LogP contribution in [0.2, 0.25) is 0 Å². The van der Waals surface area contributed by atoms with Gasteiger partial charge in [0.2, 0.25) is 5.91 Å². The highest BCUT2D eigenvalue weighted by atomic mass is 19.1. The molecule has 0 aliphatic carbocycles. The molecule has 4 amide bonds. The van der Waals surface area contributed by atoms with E-state index in [-0.39, 0.29) is 17.7 Å². The van der Waals surface area contributed by atoms with Crippen LogP contribution >= 0.6 is 0 Å². The highest BCUT2D eigenvalue weighted by Crippen LogP contribution is 2.26. The van der Waals surface area contributed by atoms with E-state index < -0.39 is 42.1 Å². The minimum absolute atomic E-state index is 0.172. The van der Waals surface area contributed by atoms with Crippen molar-refractivity contribution >= 4 is 29.3 Å². The molecule has 1 saturated heterocycles. The number of halogens is 1. The number of carbonyl (C=O) groups is 4. The van der Waals surface area contributed by atoms with Gasteiger partial charge in [-0.2, -0.15) is 0 Å². The molecule has 3 aromatic carbocycles. The number of anilines is 1. The van der Waals surface area contributed by atoms with Crippen molar-refractivity contribution in [1.82, 2.24) is 10.4 Å². The van der Waals surface area contributed by atoms with E-state index in [9.17, 15) is 23.6 Å². The summed E-state index contributed by atoms with van der Waals surface area (Å²) in [6.07, 6.45) is -0.354. The molecule has 9 heteroatoms. The van der Waals surface area contributed by atoms with Crippen LogP contribution in [-0.2, 0) is 14.4 Å². The van der Waals surface area contributed by atoms with Gasteiger partial charge in [-0.3, -0.25) is 24.6 Å². The Labute approximate surface area is 200 Å². The van der Waals surface area contributed by atoms with E-state index in [4.69, 9.17) is 4.74 Å². The normalized spacial score (nSPS) is 15.1. The second-order valence-corrected chi connectivity index (χ2v) is 7.94. The zero-order chi connectivity index (χ0) is 24.9. The Morgan fingerprint density at radius 3 is 2.31 bits per heavy atom. The number of nitrogens with one attached hydrogen (secondary N) is 1. The Hall–Kier alpha value is -4.53. The van der Waals surface area contributed by atoms with Crippen molar-refractivity contribution < 1.29 is 28.3 Å². The lowest BCUT2D eigenvalue weighted by molar-refractivity contribution is -0.130. The Balaban J connectivity index is 1.58. The molecule has 0 aromatic heterocycles. The van der Waals surface area contributed by atoms with Gasteiger partial charge in [-0.25, -0.2) is 14.3 Å². The van der Waals surface area contributed by atoms with E-state index in [1.54, 1.807) is 54.6 Å². The largest absolute Gasteiger partial charge is 0.484 e. The summed E-state index contributed by atoms with van der Waals surface area (Å²) in [7, 11) is 0. The Kier molecular flexibility index (Phi) is 6.86. The van der Waals surface area contributed by atoms with Gasteiger partial charge in [-0.15, -0.1) is 0 Å². The molecule has 178 valence electrons. The summed E-state index contributed by atoms with van der Waals surface area (Å²) >= 11 is 0. The van der Waals surface area contributed by atoms with Crippen molar-refractivity contribution in [3.05, 3.63) is 95.8 Å². The van der Waals surface area contributed by atoms with Crippen molar-refractivity contribution in [2.75, 3.05) is 11.5 Å². The number of carbonyl (C=O) groups excluding carboxylic acids is 4. The predicted molar refractivity (Wildman–Crippen MR) is 125 cm³/mol. The van der Waals surface area contributed by atoms with Gasteiger partial charge in [0.05, 0.1) is 12.1 Å². The lowest BCUT2D eigenvalue weighted by atomic mass is 10.1. The zero-order valence-corrected chi connectivity index (χ0v) is 18.8. The van der Waals surface area contributed by atoms with Crippen molar-refractivity contribution in [2.45, 2.75) is 19.4 Å². The first-order valence-electron chi connectivity index (χ1n) is 10.8. The first kappa shape index (κ1) is 23.6. The standard InChI is InChI=1S/C26H22FN3O5/c1-17-7-9-18(10-8-17)25(33)30(28-23(31)16-35-21-5-3-2-4-6-21)22-15-24(32)29(26(22)34)20-13-11-19(27)12-14-20/h2-14,22H,15-16H2,1H3,(H,28,31). The van der Waals surface area contributed by atoms with Gasteiger partial charge in [0.1, 0.15) is 17.6 Å². The maximum absolute atomic E-state index is 13.3. The lowest BCUT2D eigenvalue weighted by Gasteiger charge is -2.28.